The summed E-state index contributed by atoms with van der Waals surface area (Å²) in [5.41, 5.74) is 15.3. The first-order chi connectivity index (χ1) is 38.6. The number of nitriles is 1. The number of rotatable bonds is 9. The van der Waals surface area contributed by atoms with Gasteiger partial charge >= 0.3 is 0 Å². The summed E-state index contributed by atoms with van der Waals surface area (Å²) in [6, 6.07) is 109. The monoisotopic (exact) mass is 1010 g/mol. The van der Waals surface area contributed by atoms with Crippen molar-refractivity contribution < 1.29 is 0 Å². The first kappa shape index (κ1) is 45.2. The molecule has 0 aliphatic rings. The van der Waals surface area contributed by atoms with E-state index in [0.29, 0.717) is 5.56 Å². The Kier molecular flexibility index (Phi) is 10.6. The van der Waals surface area contributed by atoms with E-state index < -0.39 is 8.07 Å². The Morgan fingerprint density at radius 3 is 1.08 bits per heavy atom. The Hall–Kier alpha value is -10.3. The van der Waals surface area contributed by atoms with E-state index in [4.69, 9.17) is 0 Å². The van der Waals surface area contributed by atoms with Crippen LogP contribution in [0.4, 0.5) is 0 Å². The lowest BCUT2D eigenvalue weighted by atomic mass is 10.0. The van der Waals surface area contributed by atoms with Gasteiger partial charge < -0.3 is 13.7 Å². The van der Waals surface area contributed by atoms with Crippen LogP contribution in [-0.4, -0.2) is 21.8 Å². The van der Waals surface area contributed by atoms with Crippen LogP contribution in [0.3, 0.4) is 0 Å². The number of aromatic nitrogens is 3. The zero-order valence-corrected chi connectivity index (χ0v) is 43.5. The molecule has 4 nitrogen and oxygen atoms in total. The van der Waals surface area contributed by atoms with Crippen molar-refractivity contribution in [3.05, 3.63) is 297 Å². The van der Waals surface area contributed by atoms with Gasteiger partial charge in [0.05, 0.1) is 44.7 Å². The largest absolute Gasteiger partial charge is 0.309 e. The average Bonchev–Trinajstić information content (AvgIpc) is 4.15. The Morgan fingerprint density at radius 2 is 0.603 bits per heavy atom. The van der Waals surface area contributed by atoms with Crippen molar-refractivity contribution in [1.29, 1.82) is 5.26 Å². The fraction of sp³-hybridized carbons (Fsp3) is 0. The van der Waals surface area contributed by atoms with E-state index in [9.17, 15) is 5.26 Å². The van der Waals surface area contributed by atoms with Crippen molar-refractivity contribution in [2.45, 2.75) is 0 Å². The first-order valence-corrected chi connectivity index (χ1v) is 28.6. The molecule has 0 aliphatic carbocycles. The van der Waals surface area contributed by atoms with Crippen LogP contribution in [0.5, 0.6) is 0 Å². The van der Waals surface area contributed by atoms with Crippen molar-refractivity contribution in [2.75, 3.05) is 0 Å². The molecule has 5 heteroatoms. The van der Waals surface area contributed by atoms with E-state index in [1.54, 1.807) is 0 Å². The normalized spacial score (nSPS) is 11.8. The van der Waals surface area contributed by atoms with Gasteiger partial charge in [-0.2, -0.15) is 5.26 Å². The minimum Gasteiger partial charge on any atom is -0.309 e. The highest BCUT2D eigenvalue weighted by Gasteiger charge is 2.41. The summed E-state index contributed by atoms with van der Waals surface area (Å²) >= 11 is 0. The van der Waals surface area contributed by atoms with Gasteiger partial charge in [-0.25, -0.2) is 0 Å². The third kappa shape index (κ3) is 7.05. The van der Waals surface area contributed by atoms with Crippen LogP contribution >= 0.6 is 0 Å². The molecule has 0 amide bonds. The van der Waals surface area contributed by atoms with Crippen molar-refractivity contribution >= 4 is 94.2 Å². The molecule has 0 radical (unpaired) electrons. The molecule has 15 aromatic rings. The molecule has 12 aromatic carbocycles. The topological polar surface area (TPSA) is 38.6 Å². The summed E-state index contributed by atoms with van der Waals surface area (Å²) in [5, 5.41) is 22.2. The van der Waals surface area contributed by atoms with Gasteiger partial charge in [0, 0.05) is 49.4 Å². The molecule has 0 aliphatic heterocycles. The summed E-state index contributed by atoms with van der Waals surface area (Å²) in [5.74, 6) is 0. The lowest BCUT2D eigenvalue weighted by Crippen LogP contribution is -2.74. The molecule has 15 rings (SSSR count). The molecule has 0 N–H and O–H groups in total. The smallest absolute Gasteiger partial charge is 0.179 e. The molecular formula is C73H48N4Si. The van der Waals surface area contributed by atoms with Gasteiger partial charge in [0.2, 0.25) is 0 Å². The first-order valence-electron chi connectivity index (χ1n) is 26.6. The van der Waals surface area contributed by atoms with E-state index in [2.05, 4.69) is 299 Å². The summed E-state index contributed by atoms with van der Waals surface area (Å²) < 4.78 is 7.30. The highest BCUT2D eigenvalue weighted by molar-refractivity contribution is 7.19. The number of benzene rings is 12. The maximum atomic E-state index is 10.0. The Bertz CT molecular complexity index is 4640. The zero-order chi connectivity index (χ0) is 51.7. The second kappa shape index (κ2) is 18.2. The van der Waals surface area contributed by atoms with Crippen molar-refractivity contribution in [2.24, 2.45) is 0 Å². The third-order valence-corrected chi connectivity index (χ3v) is 21.0. The molecule has 3 aromatic heterocycles. The maximum Gasteiger partial charge on any atom is 0.179 e. The van der Waals surface area contributed by atoms with Gasteiger partial charge in [0.1, 0.15) is 0 Å². The van der Waals surface area contributed by atoms with E-state index in [1.165, 1.54) is 53.8 Å². The van der Waals surface area contributed by atoms with Crippen molar-refractivity contribution in [1.82, 2.24) is 13.7 Å². The lowest BCUT2D eigenvalue weighted by Gasteiger charge is -2.34. The number of hydrogen-bond donors (Lipinski definition) is 0. The second-order valence-electron chi connectivity index (χ2n) is 20.4. The van der Waals surface area contributed by atoms with Crippen LogP contribution in [0.25, 0.3) is 105 Å². The van der Waals surface area contributed by atoms with Crippen LogP contribution < -0.4 is 20.7 Å². The Labute approximate surface area is 452 Å². The number of fused-ring (bicyclic) bond motifs is 9. The number of hydrogen-bond acceptors (Lipinski definition) is 1. The summed E-state index contributed by atoms with van der Waals surface area (Å²) in [7, 11) is -2.87. The van der Waals surface area contributed by atoms with E-state index in [1.807, 2.05) is 12.1 Å². The predicted molar refractivity (Wildman–Crippen MR) is 329 cm³/mol. The summed E-state index contributed by atoms with van der Waals surface area (Å²) in [4.78, 5) is 0. The van der Waals surface area contributed by atoms with Crippen LogP contribution in [0.1, 0.15) is 5.56 Å². The van der Waals surface area contributed by atoms with Gasteiger partial charge in [-0.15, -0.1) is 0 Å². The van der Waals surface area contributed by atoms with Crippen molar-refractivity contribution in [3.63, 3.8) is 0 Å². The third-order valence-electron chi connectivity index (χ3n) is 16.2. The number of para-hydroxylation sites is 1. The van der Waals surface area contributed by atoms with Crippen LogP contribution in [0.2, 0.25) is 0 Å². The highest BCUT2D eigenvalue weighted by Crippen LogP contribution is 2.41. The van der Waals surface area contributed by atoms with Gasteiger partial charge in [-0.3, -0.25) is 0 Å². The molecule has 0 atom stereocenters. The maximum absolute atomic E-state index is 10.0. The highest BCUT2D eigenvalue weighted by atomic mass is 28.3. The van der Waals surface area contributed by atoms with E-state index >= 15 is 0 Å². The van der Waals surface area contributed by atoms with E-state index in [0.717, 1.165) is 71.7 Å². The molecule has 0 unspecified atom stereocenters. The van der Waals surface area contributed by atoms with Crippen LogP contribution in [0.15, 0.2) is 291 Å². The minimum atomic E-state index is -2.87. The van der Waals surface area contributed by atoms with Gasteiger partial charge in [-0.1, -0.05) is 194 Å². The Balaban J connectivity index is 1.00. The van der Waals surface area contributed by atoms with Gasteiger partial charge in [0.15, 0.2) is 8.07 Å². The standard InChI is InChI=1S/C73H48N4Si/c74-49-50-33-38-69-63(43-50)62-31-16-17-32-68(62)76(69)56-36-41-72-66(47-56)67-48-57(77-70-39-34-53(51-19-6-1-7-20-51)44-64(70)65-45-54(35-40-71(65)77)52-21-8-2-9-22-52)37-42-73(67)75(72)55-23-18-30-61(46-55)78(58-24-10-3-11-25-58,59-26-12-4-13-27-59)60-28-14-5-15-29-60/h1-48H. The molecule has 0 saturated carbocycles. The molecule has 0 fully saturated rings. The van der Waals surface area contributed by atoms with Crippen LogP contribution in [0, 0.1) is 11.3 Å². The fourth-order valence-corrected chi connectivity index (χ4v) is 17.5. The van der Waals surface area contributed by atoms with Crippen LogP contribution in [-0.2, 0) is 0 Å². The van der Waals surface area contributed by atoms with Gasteiger partial charge in [-0.05, 0) is 140 Å². The van der Waals surface area contributed by atoms with Crippen molar-refractivity contribution in [3.8, 4) is 45.4 Å². The van der Waals surface area contributed by atoms with E-state index in [-0.39, 0.29) is 0 Å². The SMILES string of the molecule is N#Cc1ccc2c(c1)c1ccccc1n2-c1ccc2c(c1)c1cc(-n3c4ccc(-c5ccccc5)cc4c4cc(-c5ccccc5)ccc43)ccc1n2-c1cccc([Si](c2ccccc2)(c2ccccc2)c2ccccc2)c1. The molecule has 0 spiro atoms. The zero-order valence-electron chi connectivity index (χ0n) is 42.5. The minimum absolute atomic E-state index is 0.648. The molecule has 0 bridgehead atoms. The summed E-state index contributed by atoms with van der Waals surface area (Å²) in [6.07, 6.45) is 0. The molecule has 3 heterocycles. The fourth-order valence-electron chi connectivity index (χ4n) is 12.7. The lowest BCUT2D eigenvalue weighted by molar-refractivity contribution is 1.16. The Morgan fingerprint density at radius 1 is 0.244 bits per heavy atom. The molecule has 364 valence electrons. The van der Waals surface area contributed by atoms with Gasteiger partial charge in [0.25, 0.3) is 0 Å². The number of nitrogens with zero attached hydrogens (tertiary/aromatic N) is 4. The second-order valence-corrected chi connectivity index (χ2v) is 24.2. The average molecular weight is 1010 g/mol. The molecular weight excluding hydrogens is 961 g/mol. The predicted octanol–water partition coefficient (Wildman–Crippen LogP) is 15.6. The quantitative estimate of drug-likeness (QED) is 0.105. The molecule has 0 saturated heterocycles. The molecule has 78 heavy (non-hydrogen) atoms. The summed E-state index contributed by atoms with van der Waals surface area (Å²) in [6.45, 7) is 0.